The van der Waals surface area contributed by atoms with Crippen molar-refractivity contribution >= 4 is 0 Å². The summed E-state index contributed by atoms with van der Waals surface area (Å²) in [6, 6.07) is 4.37. The summed E-state index contributed by atoms with van der Waals surface area (Å²) >= 11 is 0. The molecule has 0 bridgehead atoms. The molecule has 2 rings (SSSR count). The first-order valence-electron chi connectivity index (χ1n) is 6.04. The van der Waals surface area contributed by atoms with Crippen LogP contribution in [0.1, 0.15) is 37.4 Å². The minimum atomic E-state index is 1.03. The summed E-state index contributed by atoms with van der Waals surface area (Å²) in [5.41, 5.74) is 2.55. The first kappa shape index (κ1) is 10.6. The zero-order chi connectivity index (χ0) is 10.5. The van der Waals surface area contributed by atoms with Gasteiger partial charge in [-0.25, -0.2) is 0 Å². The number of rotatable bonds is 3. The van der Waals surface area contributed by atoms with Crippen molar-refractivity contribution in [3.05, 3.63) is 29.6 Å². The summed E-state index contributed by atoms with van der Waals surface area (Å²) < 4.78 is 0. The molecule has 0 saturated carbocycles. The molecule has 0 amide bonds. The van der Waals surface area contributed by atoms with E-state index < -0.39 is 0 Å². The Kier molecular flexibility index (Phi) is 3.73. The van der Waals surface area contributed by atoms with Crippen LogP contribution in [0.4, 0.5) is 0 Å². The molecule has 0 aromatic carbocycles. The van der Waals surface area contributed by atoms with Crippen molar-refractivity contribution in [2.24, 2.45) is 0 Å². The smallest absolute Gasteiger partial charge is 0.0544 e. The maximum absolute atomic E-state index is 4.50. The molecule has 0 radical (unpaired) electrons. The van der Waals surface area contributed by atoms with Gasteiger partial charge in [0, 0.05) is 12.7 Å². The lowest BCUT2D eigenvalue weighted by Crippen LogP contribution is -2.29. The number of pyridine rings is 1. The van der Waals surface area contributed by atoms with Crippen molar-refractivity contribution < 1.29 is 0 Å². The number of likely N-dealkylation sites (tertiary alicyclic amines) is 1. The Balaban J connectivity index is 1.91. The molecule has 82 valence electrons. The molecule has 1 saturated heterocycles. The highest BCUT2D eigenvalue weighted by molar-refractivity contribution is 5.13. The van der Waals surface area contributed by atoms with Crippen LogP contribution in [0.3, 0.4) is 0 Å². The molecule has 1 aliphatic heterocycles. The first-order chi connectivity index (χ1) is 7.38. The van der Waals surface area contributed by atoms with Crippen molar-refractivity contribution in [2.45, 2.75) is 39.2 Å². The predicted octanol–water partition coefficient (Wildman–Crippen LogP) is 2.63. The quantitative estimate of drug-likeness (QED) is 0.752. The Morgan fingerprint density at radius 2 is 2.00 bits per heavy atom. The predicted molar refractivity (Wildman–Crippen MR) is 62.7 cm³/mol. The summed E-state index contributed by atoms with van der Waals surface area (Å²) in [6.07, 6.45) is 7.20. The minimum Gasteiger partial charge on any atom is -0.298 e. The molecule has 2 heterocycles. The summed E-state index contributed by atoms with van der Waals surface area (Å²) in [7, 11) is 0. The lowest BCUT2D eigenvalue weighted by Gasteiger charge is -2.25. The fraction of sp³-hybridized carbons (Fsp3) is 0.615. The Morgan fingerprint density at radius 3 is 2.60 bits per heavy atom. The van der Waals surface area contributed by atoms with E-state index in [2.05, 4.69) is 28.9 Å². The standard InChI is InChI=1S/C13H20N2/c1-2-12-6-7-13(14-10-12)11-15-8-4-3-5-9-15/h6-7,10H,2-5,8-9,11H2,1H3. The van der Waals surface area contributed by atoms with Gasteiger partial charge in [-0.15, -0.1) is 0 Å². The van der Waals surface area contributed by atoms with Crippen LogP contribution in [0.15, 0.2) is 18.3 Å². The summed E-state index contributed by atoms with van der Waals surface area (Å²) in [4.78, 5) is 7.01. The molecule has 1 aromatic heterocycles. The van der Waals surface area contributed by atoms with Crippen molar-refractivity contribution in [3.63, 3.8) is 0 Å². The highest BCUT2D eigenvalue weighted by atomic mass is 15.1. The number of hydrogen-bond donors (Lipinski definition) is 0. The van der Waals surface area contributed by atoms with E-state index in [1.807, 2.05) is 6.20 Å². The van der Waals surface area contributed by atoms with Crippen LogP contribution in [0, 0.1) is 0 Å². The van der Waals surface area contributed by atoms with Gasteiger partial charge in [0.15, 0.2) is 0 Å². The van der Waals surface area contributed by atoms with E-state index in [1.165, 1.54) is 43.6 Å². The van der Waals surface area contributed by atoms with E-state index >= 15 is 0 Å². The van der Waals surface area contributed by atoms with Crippen molar-refractivity contribution in [3.8, 4) is 0 Å². The van der Waals surface area contributed by atoms with Crippen LogP contribution >= 0.6 is 0 Å². The average Bonchev–Trinajstić information content (AvgIpc) is 2.31. The second kappa shape index (κ2) is 5.26. The van der Waals surface area contributed by atoms with E-state index in [0.29, 0.717) is 0 Å². The van der Waals surface area contributed by atoms with Crippen LogP contribution in [-0.4, -0.2) is 23.0 Å². The number of hydrogen-bond acceptors (Lipinski definition) is 2. The topological polar surface area (TPSA) is 16.1 Å². The highest BCUT2D eigenvalue weighted by Gasteiger charge is 2.10. The fourth-order valence-electron chi connectivity index (χ4n) is 2.10. The molecule has 0 atom stereocenters. The lowest BCUT2D eigenvalue weighted by atomic mass is 10.1. The summed E-state index contributed by atoms with van der Waals surface area (Å²) in [5, 5.41) is 0. The molecule has 1 aromatic rings. The van der Waals surface area contributed by atoms with E-state index in [1.54, 1.807) is 0 Å². The highest BCUT2D eigenvalue weighted by Crippen LogP contribution is 2.12. The Bertz CT molecular complexity index is 286. The van der Waals surface area contributed by atoms with E-state index in [4.69, 9.17) is 0 Å². The van der Waals surface area contributed by atoms with Gasteiger partial charge in [0.05, 0.1) is 5.69 Å². The molecule has 0 unspecified atom stereocenters. The lowest BCUT2D eigenvalue weighted by molar-refractivity contribution is 0.218. The third-order valence-corrected chi connectivity index (χ3v) is 3.13. The van der Waals surface area contributed by atoms with Crippen molar-refractivity contribution in [1.29, 1.82) is 0 Å². The van der Waals surface area contributed by atoms with Crippen LogP contribution < -0.4 is 0 Å². The van der Waals surface area contributed by atoms with Gasteiger partial charge in [0.2, 0.25) is 0 Å². The van der Waals surface area contributed by atoms with Gasteiger partial charge in [0.1, 0.15) is 0 Å². The zero-order valence-corrected chi connectivity index (χ0v) is 9.58. The minimum absolute atomic E-state index is 1.03. The first-order valence-corrected chi connectivity index (χ1v) is 6.04. The molecular weight excluding hydrogens is 184 g/mol. The molecule has 0 spiro atoms. The van der Waals surface area contributed by atoms with Crippen molar-refractivity contribution in [2.75, 3.05) is 13.1 Å². The Labute approximate surface area is 92.3 Å². The molecule has 15 heavy (non-hydrogen) atoms. The van der Waals surface area contributed by atoms with Gasteiger partial charge >= 0.3 is 0 Å². The molecule has 2 nitrogen and oxygen atoms in total. The van der Waals surface area contributed by atoms with E-state index in [0.717, 1.165) is 13.0 Å². The Hall–Kier alpha value is -0.890. The number of piperidine rings is 1. The molecular formula is C13H20N2. The normalized spacial score (nSPS) is 17.9. The molecule has 0 aliphatic carbocycles. The maximum atomic E-state index is 4.50. The van der Waals surface area contributed by atoms with Gasteiger partial charge in [-0.2, -0.15) is 0 Å². The monoisotopic (exact) mass is 204 g/mol. The second-order valence-electron chi connectivity index (χ2n) is 4.35. The van der Waals surface area contributed by atoms with Crippen LogP contribution in [0.5, 0.6) is 0 Å². The molecule has 2 heteroatoms. The SMILES string of the molecule is CCc1ccc(CN2CCCCC2)nc1. The largest absolute Gasteiger partial charge is 0.298 e. The van der Waals surface area contributed by atoms with Crippen LogP contribution in [0.25, 0.3) is 0 Å². The third-order valence-electron chi connectivity index (χ3n) is 3.13. The van der Waals surface area contributed by atoms with Crippen LogP contribution in [-0.2, 0) is 13.0 Å². The van der Waals surface area contributed by atoms with Crippen molar-refractivity contribution in [1.82, 2.24) is 9.88 Å². The third kappa shape index (κ3) is 3.03. The molecule has 1 aliphatic rings. The maximum Gasteiger partial charge on any atom is 0.0544 e. The number of aryl methyl sites for hydroxylation is 1. The molecule has 0 N–H and O–H groups in total. The zero-order valence-electron chi connectivity index (χ0n) is 9.58. The Morgan fingerprint density at radius 1 is 1.20 bits per heavy atom. The fourth-order valence-corrected chi connectivity index (χ4v) is 2.10. The van der Waals surface area contributed by atoms with Gasteiger partial charge in [-0.1, -0.05) is 19.4 Å². The van der Waals surface area contributed by atoms with Gasteiger partial charge < -0.3 is 0 Å². The van der Waals surface area contributed by atoms with Gasteiger partial charge in [-0.3, -0.25) is 9.88 Å². The summed E-state index contributed by atoms with van der Waals surface area (Å²) in [5.74, 6) is 0. The van der Waals surface area contributed by atoms with Gasteiger partial charge in [0.25, 0.3) is 0 Å². The number of nitrogens with zero attached hydrogens (tertiary/aromatic N) is 2. The molecule has 1 fully saturated rings. The van der Waals surface area contributed by atoms with Crippen LogP contribution in [0.2, 0.25) is 0 Å². The van der Waals surface area contributed by atoms with E-state index in [9.17, 15) is 0 Å². The average molecular weight is 204 g/mol. The van der Waals surface area contributed by atoms with E-state index in [-0.39, 0.29) is 0 Å². The van der Waals surface area contributed by atoms with Gasteiger partial charge in [-0.05, 0) is 44.0 Å². The number of aromatic nitrogens is 1. The second-order valence-corrected chi connectivity index (χ2v) is 4.35. The summed E-state index contributed by atoms with van der Waals surface area (Å²) in [6.45, 7) is 5.69.